The quantitative estimate of drug-likeness (QED) is 0.873. The van der Waals surface area contributed by atoms with E-state index in [4.69, 9.17) is 17.3 Å². The zero-order valence-corrected chi connectivity index (χ0v) is 10.6. The molecule has 2 heterocycles. The summed E-state index contributed by atoms with van der Waals surface area (Å²) in [6.45, 7) is 3.14. The van der Waals surface area contributed by atoms with Crippen molar-refractivity contribution in [3.63, 3.8) is 0 Å². The van der Waals surface area contributed by atoms with E-state index in [0.717, 1.165) is 30.2 Å². The van der Waals surface area contributed by atoms with Gasteiger partial charge in [0.1, 0.15) is 0 Å². The lowest BCUT2D eigenvalue weighted by Gasteiger charge is -2.36. The minimum atomic E-state index is 0.427. The van der Waals surface area contributed by atoms with Gasteiger partial charge in [-0.2, -0.15) is 0 Å². The molecular formula is C13H18ClN3. The fourth-order valence-electron chi connectivity index (χ4n) is 3.26. The third-order valence-electron chi connectivity index (χ3n) is 4.22. The summed E-state index contributed by atoms with van der Waals surface area (Å²) in [5, 5.41) is 0.821. The summed E-state index contributed by atoms with van der Waals surface area (Å²) in [6, 6.07) is 2.29. The van der Waals surface area contributed by atoms with Crippen LogP contribution >= 0.6 is 11.6 Å². The second-order valence-corrected chi connectivity index (χ2v) is 5.74. The number of piperidine rings is 1. The van der Waals surface area contributed by atoms with Crippen molar-refractivity contribution in [1.82, 2.24) is 9.88 Å². The summed E-state index contributed by atoms with van der Waals surface area (Å²) in [5.41, 5.74) is 7.33. The third-order valence-corrected chi connectivity index (χ3v) is 4.59. The van der Waals surface area contributed by atoms with Crippen LogP contribution in [0.15, 0.2) is 18.5 Å². The molecule has 3 rings (SSSR count). The van der Waals surface area contributed by atoms with Crippen molar-refractivity contribution in [3.8, 4) is 0 Å². The average Bonchev–Trinajstić information content (AvgIpc) is 2.55. The van der Waals surface area contributed by atoms with Gasteiger partial charge in [0, 0.05) is 48.7 Å². The normalized spacial score (nSPS) is 32.9. The van der Waals surface area contributed by atoms with Gasteiger partial charge in [-0.3, -0.25) is 9.88 Å². The van der Waals surface area contributed by atoms with Gasteiger partial charge in [-0.25, -0.2) is 0 Å². The van der Waals surface area contributed by atoms with E-state index in [2.05, 4.69) is 9.88 Å². The first-order chi connectivity index (χ1) is 8.24. The van der Waals surface area contributed by atoms with Gasteiger partial charge in [0.15, 0.2) is 0 Å². The molecule has 1 unspecified atom stereocenters. The smallest absolute Gasteiger partial charge is 0.0481 e. The van der Waals surface area contributed by atoms with Crippen molar-refractivity contribution in [2.75, 3.05) is 13.1 Å². The van der Waals surface area contributed by atoms with E-state index in [-0.39, 0.29) is 0 Å². The number of hydrogen-bond donors (Lipinski definition) is 1. The van der Waals surface area contributed by atoms with Crippen LogP contribution in [0.25, 0.3) is 0 Å². The third kappa shape index (κ3) is 2.19. The maximum Gasteiger partial charge on any atom is 0.0481 e. The van der Waals surface area contributed by atoms with Crippen molar-refractivity contribution in [2.24, 2.45) is 17.6 Å². The summed E-state index contributed by atoms with van der Waals surface area (Å²) < 4.78 is 0. The van der Waals surface area contributed by atoms with Gasteiger partial charge in [0.2, 0.25) is 0 Å². The summed E-state index contributed by atoms with van der Waals surface area (Å²) in [6.07, 6.45) is 6.20. The fourth-order valence-corrected chi connectivity index (χ4v) is 3.42. The van der Waals surface area contributed by atoms with Crippen LogP contribution in [0.1, 0.15) is 18.4 Å². The lowest BCUT2D eigenvalue weighted by Crippen LogP contribution is -2.48. The van der Waals surface area contributed by atoms with E-state index in [1.165, 1.54) is 12.8 Å². The lowest BCUT2D eigenvalue weighted by atomic mass is 9.93. The highest BCUT2D eigenvalue weighted by Gasteiger charge is 2.39. The molecule has 1 saturated carbocycles. The molecule has 1 aliphatic carbocycles. The van der Waals surface area contributed by atoms with Gasteiger partial charge >= 0.3 is 0 Å². The van der Waals surface area contributed by atoms with Crippen LogP contribution in [-0.2, 0) is 6.54 Å². The molecular weight excluding hydrogens is 234 g/mol. The van der Waals surface area contributed by atoms with Crippen LogP contribution < -0.4 is 5.73 Å². The van der Waals surface area contributed by atoms with E-state index in [1.807, 2.05) is 12.3 Å². The molecule has 4 heteroatoms. The predicted octanol–water partition coefficient (Wildman–Crippen LogP) is 1.90. The van der Waals surface area contributed by atoms with Gasteiger partial charge in [-0.1, -0.05) is 11.6 Å². The Morgan fingerprint density at radius 3 is 2.71 bits per heavy atom. The van der Waals surface area contributed by atoms with Gasteiger partial charge in [0.05, 0.1) is 0 Å². The number of aromatic nitrogens is 1. The van der Waals surface area contributed by atoms with Crippen LogP contribution in [0.5, 0.6) is 0 Å². The number of halogens is 1. The van der Waals surface area contributed by atoms with Gasteiger partial charge in [-0.05, 0) is 30.7 Å². The molecule has 0 amide bonds. The highest BCUT2D eigenvalue weighted by Crippen LogP contribution is 2.36. The molecule has 1 aromatic heterocycles. The summed E-state index contributed by atoms with van der Waals surface area (Å²) in [7, 11) is 0. The van der Waals surface area contributed by atoms with E-state index in [9.17, 15) is 0 Å². The van der Waals surface area contributed by atoms with Crippen molar-refractivity contribution in [2.45, 2.75) is 25.4 Å². The molecule has 1 aromatic rings. The van der Waals surface area contributed by atoms with Crippen LogP contribution in [-0.4, -0.2) is 29.0 Å². The first-order valence-electron chi connectivity index (χ1n) is 6.30. The number of fused-ring (bicyclic) bond motifs is 2. The zero-order valence-electron chi connectivity index (χ0n) is 9.85. The Morgan fingerprint density at radius 1 is 1.35 bits per heavy atom. The molecule has 3 atom stereocenters. The molecule has 92 valence electrons. The van der Waals surface area contributed by atoms with Crippen molar-refractivity contribution in [1.29, 1.82) is 0 Å². The minimum Gasteiger partial charge on any atom is -0.327 e. The van der Waals surface area contributed by atoms with Gasteiger partial charge in [-0.15, -0.1) is 0 Å². The van der Waals surface area contributed by atoms with Crippen molar-refractivity contribution in [3.05, 3.63) is 29.0 Å². The second-order valence-electron chi connectivity index (χ2n) is 5.34. The first-order valence-corrected chi connectivity index (χ1v) is 6.68. The number of nitrogens with two attached hydrogens (primary N) is 1. The zero-order chi connectivity index (χ0) is 11.8. The number of likely N-dealkylation sites (tertiary alicyclic amines) is 1. The Labute approximate surface area is 107 Å². The second kappa shape index (κ2) is 4.56. The standard InChI is InChI=1S/C13H18ClN3/c14-12-3-4-16-5-11(12)8-17-6-9-1-2-10(7-17)13(9)15/h3-5,9-10,13H,1-2,6-8,15H2/t9-,10+,13?. The highest BCUT2D eigenvalue weighted by atomic mass is 35.5. The van der Waals surface area contributed by atoms with Crippen LogP contribution in [0.4, 0.5) is 0 Å². The minimum absolute atomic E-state index is 0.427. The van der Waals surface area contributed by atoms with E-state index < -0.39 is 0 Å². The van der Waals surface area contributed by atoms with Crippen LogP contribution in [0.3, 0.4) is 0 Å². The van der Waals surface area contributed by atoms with Crippen molar-refractivity contribution >= 4 is 11.6 Å². The summed E-state index contributed by atoms with van der Waals surface area (Å²) in [5.74, 6) is 1.37. The molecule has 1 aliphatic heterocycles. The average molecular weight is 252 g/mol. The Hall–Kier alpha value is -0.640. The molecule has 17 heavy (non-hydrogen) atoms. The molecule has 1 saturated heterocycles. The Bertz CT molecular complexity index is 395. The van der Waals surface area contributed by atoms with E-state index in [0.29, 0.717) is 17.9 Å². The highest BCUT2D eigenvalue weighted by molar-refractivity contribution is 6.31. The Balaban J connectivity index is 1.70. The monoisotopic (exact) mass is 251 g/mol. The maximum atomic E-state index is 6.20. The predicted molar refractivity (Wildman–Crippen MR) is 68.7 cm³/mol. The fraction of sp³-hybridized carbons (Fsp3) is 0.615. The summed E-state index contributed by atoms with van der Waals surface area (Å²) >= 11 is 6.17. The number of rotatable bonds is 2. The topological polar surface area (TPSA) is 42.1 Å². The first kappa shape index (κ1) is 11.5. The molecule has 2 fully saturated rings. The van der Waals surface area contributed by atoms with E-state index >= 15 is 0 Å². The van der Waals surface area contributed by atoms with Gasteiger partial charge in [0.25, 0.3) is 0 Å². The molecule has 0 spiro atoms. The molecule has 0 radical (unpaired) electrons. The van der Waals surface area contributed by atoms with Crippen molar-refractivity contribution < 1.29 is 0 Å². The van der Waals surface area contributed by atoms with E-state index in [1.54, 1.807) is 6.20 Å². The van der Waals surface area contributed by atoms with Gasteiger partial charge < -0.3 is 5.73 Å². The van der Waals surface area contributed by atoms with Crippen LogP contribution in [0, 0.1) is 11.8 Å². The summed E-state index contributed by atoms with van der Waals surface area (Å²) in [4.78, 5) is 6.62. The molecule has 2 bridgehead atoms. The molecule has 3 nitrogen and oxygen atoms in total. The molecule has 2 N–H and O–H groups in total. The lowest BCUT2D eigenvalue weighted by molar-refractivity contribution is 0.140. The molecule has 0 aromatic carbocycles. The Morgan fingerprint density at radius 2 is 2.06 bits per heavy atom. The number of hydrogen-bond acceptors (Lipinski definition) is 3. The number of nitrogens with zero attached hydrogens (tertiary/aromatic N) is 2. The number of pyridine rings is 1. The SMILES string of the molecule is NC1[C@@H]2CC[C@H]1CN(Cc1cnccc1Cl)C2. The molecule has 2 aliphatic rings. The van der Waals surface area contributed by atoms with Crippen LogP contribution in [0.2, 0.25) is 5.02 Å². The largest absolute Gasteiger partial charge is 0.327 e. The maximum absolute atomic E-state index is 6.20. The Kier molecular flexibility index (Phi) is 3.07.